The van der Waals surface area contributed by atoms with Crippen molar-refractivity contribution >= 4 is 21.6 Å². The Morgan fingerprint density at radius 1 is 1.09 bits per heavy atom. The van der Waals surface area contributed by atoms with Crippen LogP contribution in [-0.2, 0) is 10.0 Å². The zero-order valence-electron chi connectivity index (χ0n) is 16.7. The Kier molecular flexibility index (Phi) is 6.30. The van der Waals surface area contributed by atoms with Crippen molar-refractivity contribution in [1.82, 2.24) is 14.3 Å². The predicted molar refractivity (Wildman–Crippen MR) is 113 cm³/mol. The van der Waals surface area contributed by atoms with Crippen LogP contribution in [0, 0.1) is 17.5 Å². The summed E-state index contributed by atoms with van der Waals surface area (Å²) in [5.41, 5.74) is 6.62. The lowest BCUT2D eigenvalue weighted by Crippen LogP contribution is -2.45. The summed E-state index contributed by atoms with van der Waals surface area (Å²) in [6, 6.07) is 6.94. The van der Waals surface area contributed by atoms with Crippen LogP contribution in [0.3, 0.4) is 0 Å². The van der Waals surface area contributed by atoms with Gasteiger partial charge in [0.15, 0.2) is 16.7 Å². The van der Waals surface area contributed by atoms with Crippen LogP contribution in [0.15, 0.2) is 47.6 Å². The number of aromatic amines is 1. The molecule has 4 rings (SSSR count). The minimum atomic E-state index is -3.89. The molecule has 1 aliphatic heterocycles. The molecule has 1 aliphatic rings. The van der Waals surface area contributed by atoms with Crippen molar-refractivity contribution in [2.45, 2.75) is 29.8 Å². The van der Waals surface area contributed by atoms with Gasteiger partial charge in [-0.15, -0.1) is 0 Å². The molecule has 3 aromatic rings. The maximum Gasteiger partial charge on any atom is 0.260 e. The second-order valence-electron chi connectivity index (χ2n) is 7.68. The van der Waals surface area contributed by atoms with Crippen LogP contribution in [0.25, 0.3) is 0 Å². The van der Waals surface area contributed by atoms with Crippen LogP contribution < -0.4 is 5.73 Å². The molecule has 11 heteroatoms. The number of nitrogens with zero attached hydrogens (tertiary/aromatic N) is 2. The van der Waals surface area contributed by atoms with Gasteiger partial charge in [-0.3, -0.25) is 0 Å². The summed E-state index contributed by atoms with van der Waals surface area (Å²) >= 11 is 5.93. The van der Waals surface area contributed by atoms with E-state index >= 15 is 0 Å². The summed E-state index contributed by atoms with van der Waals surface area (Å²) in [6.45, 7) is 0.529. The van der Waals surface area contributed by atoms with Gasteiger partial charge in [-0.1, -0.05) is 23.7 Å². The number of sulfonamides is 1. The number of nitrogens with one attached hydrogen (secondary N) is 1. The maximum absolute atomic E-state index is 14.0. The van der Waals surface area contributed by atoms with Crippen LogP contribution in [0.4, 0.5) is 13.2 Å². The molecule has 0 saturated carbocycles. The average Bonchev–Trinajstić information content (AvgIpc) is 3.24. The fourth-order valence-corrected chi connectivity index (χ4v) is 5.46. The number of piperidine rings is 1. The highest BCUT2D eigenvalue weighted by molar-refractivity contribution is 7.89. The van der Waals surface area contributed by atoms with E-state index in [4.69, 9.17) is 17.3 Å². The molecule has 2 atom stereocenters. The molecular formula is C21H20ClF3N4O2S. The van der Waals surface area contributed by atoms with Gasteiger partial charge in [0.25, 0.3) is 10.0 Å². The van der Waals surface area contributed by atoms with Crippen molar-refractivity contribution in [3.05, 3.63) is 82.0 Å². The minimum Gasteiger partial charge on any atom is -0.331 e. The third-order valence-electron chi connectivity index (χ3n) is 5.44. The first-order valence-corrected chi connectivity index (χ1v) is 11.7. The van der Waals surface area contributed by atoms with Crippen molar-refractivity contribution in [2.24, 2.45) is 5.73 Å². The SMILES string of the molecule is NC1CCCN(S(=O)(=O)c2cnc(C(c3ccc(F)c(F)c3)c3ccc(F)c(Cl)c3)[nH]2)C1. The van der Waals surface area contributed by atoms with Crippen LogP contribution in [-0.4, -0.2) is 41.8 Å². The van der Waals surface area contributed by atoms with Crippen LogP contribution in [0.2, 0.25) is 5.02 Å². The first-order valence-electron chi connectivity index (χ1n) is 9.87. The normalized spacial score (nSPS) is 18.6. The Bertz CT molecular complexity index is 1200. The number of imidazole rings is 1. The Morgan fingerprint density at radius 2 is 1.78 bits per heavy atom. The Labute approximate surface area is 188 Å². The topological polar surface area (TPSA) is 92.1 Å². The molecule has 1 saturated heterocycles. The first kappa shape index (κ1) is 22.8. The van der Waals surface area contributed by atoms with E-state index in [1.54, 1.807) is 0 Å². The second-order valence-corrected chi connectivity index (χ2v) is 9.99. The van der Waals surface area contributed by atoms with Gasteiger partial charge < -0.3 is 10.7 Å². The monoisotopic (exact) mass is 484 g/mol. The lowest BCUT2D eigenvalue weighted by Gasteiger charge is -2.29. The largest absolute Gasteiger partial charge is 0.331 e. The van der Waals surface area contributed by atoms with Gasteiger partial charge in [-0.05, 0) is 48.2 Å². The van der Waals surface area contributed by atoms with Gasteiger partial charge in [0.2, 0.25) is 0 Å². The van der Waals surface area contributed by atoms with E-state index in [1.165, 1.54) is 28.7 Å². The van der Waals surface area contributed by atoms with Crippen molar-refractivity contribution in [3.63, 3.8) is 0 Å². The summed E-state index contributed by atoms with van der Waals surface area (Å²) in [4.78, 5) is 7.00. The van der Waals surface area contributed by atoms with Gasteiger partial charge in [0.1, 0.15) is 11.6 Å². The lowest BCUT2D eigenvalue weighted by molar-refractivity contribution is 0.315. The smallest absolute Gasteiger partial charge is 0.260 e. The van der Waals surface area contributed by atoms with Crippen LogP contribution in [0.1, 0.15) is 35.7 Å². The number of halogens is 4. The molecule has 1 fully saturated rings. The van der Waals surface area contributed by atoms with Gasteiger partial charge in [-0.25, -0.2) is 26.6 Å². The average molecular weight is 485 g/mol. The number of benzene rings is 2. The molecule has 0 bridgehead atoms. The number of hydrogen-bond donors (Lipinski definition) is 2. The molecule has 0 amide bonds. The van der Waals surface area contributed by atoms with Gasteiger partial charge in [-0.2, -0.15) is 4.31 Å². The lowest BCUT2D eigenvalue weighted by atomic mass is 9.90. The molecule has 32 heavy (non-hydrogen) atoms. The number of nitrogens with two attached hydrogens (primary N) is 1. The Hall–Kier alpha value is -2.40. The molecular weight excluding hydrogens is 465 g/mol. The first-order chi connectivity index (χ1) is 15.2. The molecule has 2 heterocycles. The quantitative estimate of drug-likeness (QED) is 0.576. The van der Waals surface area contributed by atoms with Crippen molar-refractivity contribution < 1.29 is 21.6 Å². The zero-order valence-corrected chi connectivity index (χ0v) is 18.3. The van der Waals surface area contributed by atoms with Crippen molar-refractivity contribution in [3.8, 4) is 0 Å². The summed E-state index contributed by atoms with van der Waals surface area (Å²) in [7, 11) is -3.89. The van der Waals surface area contributed by atoms with E-state index in [1.807, 2.05) is 0 Å². The molecule has 0 radical (unpaired) electrons. The number of rotatable bonds is 5. The predicted octanol–water partition coefficient (Wildman–Crippen LogP) is 3.77. The standard InChI is InChI=1S/C21H20ClF3N4O2S/c22-15-8-12(3-5-16(15)23)20(13-4-6-17(24)18(25)9-13)21-27-10-19(28-21)32(30,31)29-7-1-2-14(26)11-29/h3-6,8-10,14,20H,1-2,7,11,26H2,(H,27,28). The minimum absolute atomic E-state index is 0.151. The number of aromatic nitrogens is 2. The third kappa shape index (κ3) is 4.40. The molecule has 6 nitrogen and oxygen atoms in total. The molecule has 0 spiro atoms. The number of hydrogen-bond acceptors (Lipinski definition) is 4. The molecule has 2 unspecified atom stereocenters. The van der Waals surface area contributed by atoms with E-state index < -0.39 is 33.4 Å². The van der Waals surface area contributed by atoms with Crippen LogP contribution in [0.5, 0.6) is 0 Å². The van der Waals surface area contributed by atoms with E-state index in [9.17, 15) is 21.6 Å². The number of H-pyrrole nitrogens is 1. The summed E-state index contributed by atoms with van der Waals surface area (Å²) in [6.07, 6.45) is 2.56. The van der Waals surface area contributed by atoms with Gasteiger partial charge >= 0.3 is 0 Å². The molecule has 3 N–H and O–H groups in total. The van der Waals surface area contributed by atoms with E-state index in [0.29, 0.717) is 18.5 Å². The summed E-state index contributed by atoms with van der Waals surface area (Å²) in [5.74, 6) is -3.46. The Balaban J connectivity index is 1.78. The summed E-state index contributed by atoms with van der Waals surface area (Å²) < 4.78 is 68.6. The zero-order chi connectivity index (χ0) is 23.0. The molecule has 2 aromatic carbocycles. The van der Waals surface area contributed by atoms with Crippen molar-refractivity contribution in [2.75, 3.05) is 13.1 Å². The summed E-state index contributed by atoms with van der Waals surface area (Å²) in [5, 5.41) is -0.320. The van der Waals surface area contributed by atoms with Gasteiger partial charge in [0.05, 0.1) is 17.1 Å². The third-order valence-corrected chi connectivity index (χ3v) is 7.50. The van der Waals surface area contributed by atoms with E-state index in [2.05, 4.69) is 9.97 Å². The highest BCUT2D eigenvalue weighted by Gasteiger charge is 2.32. The maximum atomic E-state index is 14.0. The van der Waals surface area contributed by atoms with E-state index in [0.717, 1.165) is 24.6 Å². The van der Waals surface area contributed by atoms with Crippen LogP contribution >= 0.6 is 11.6 Å². The fraction of sp³-hybridized carbons (Fsp3) is 0.286. The Morgan fingerprint density at radius 3 is 2.44 bits per heavy atom. The second kappa shape index (κ2) is 8.86. The highest BCUT2D eigenvalue weighted by Crippen LogP contribution is 2.34. The van der Waals surface area contributed by atoms with Gasteiger partial charge in [0, 0.05) is 19.1 Å². The molecule has 170 valence electrons. The fourth-order valence-electron chi connectivity index (χ4n) is 3.82. The molecule has 0 aliphatic carbocycles. The van der Waals surface area contributed by atoms with Crippen molar-refractivity contribution in [1.29, 1.82) is 0 Å². The van der Waals surface area contributed by atoms with E-state index in [-0.39, 0.29) is 34.0 Å². The highest BCUT2D eigenvalue weighted by atomic mass is 35.5. The molecule has 1 aromatic heterocycles.